The van der Waals surface area contributed by atoms with E-state index in [1.807, 2.05) is 39.8 Å². The smallest absolute Gasteiger partial charge is 0.241 e. The number of rotatable bonds is 7. The number of nitrogens with zero attached hydrogens (tertiary/aromatic N) is 4. The number of hydrogen-bond donors (Lipinski definition) is 2. The molecule has 27 heavy (non-hydrogen) atoms. The molecule has 3 heterocycles. The van der Waals surface area contributed by atoms with Gasteiger partial charge in [-0.15, -0.1) is 21.5 Å². The topological polar surface area (TPSA) is 102 Å². The van der Waals surface area contributed by atoms with Crippen molar-refractivity contribution in [2.24, 2.45) is 0 Å². The lowest BCUT2D eigenvalue weighted by atomic mass is 10.4. The summed E-state index contributed by atoms with van der Waals surface area (Å²) >= 11 is 1.47. The molecule has 8 nitrogen and oxygen atoms in total. The van der Waals surface area contributed by atoms with E-state index in [0.717, 1.165) is 21.1 Å². The van der Waals surface area contributed by atoms with Gasteiger partial charge in [-0.25, -0.2) is 17.8 Å². The van der Waals surface area contributed by atoms with Crippen LogP contribution in [0, 0.1) is 27.7 Å². The van der Waals surface area contributed by atoms with Crippen LogP contribution in [0.1, 0.15) is 21.1 Å². The third-order valence-corrected chi connectivity index (χ3v) is 6.57. The molecule has 0 aromatic carbocycles. The minimum atomic E-state index is -3.50. The summed E-state index contributed by atoms with van der Waals surface area (Å²) in [6.07, 6.45) is 0. The van der Waals surface area contributed by atoms with Crippen molar-refractivity contribution in [3.05, 3.63) is 45.4 Å². The van der Waals surface area contributed by atoms with Crippen molar-refractivity contribution in [3.8, 4) is 5.82 Å². The Hall–Kier alpha value is -2.30. The van der Waals surface area contributed by atoms with Crippen LogP contribution in [0.25, 0.3) is 5.82 Å². The van der Waals surface area contributed by atoms with Crippen LogP contribution in [0.15, 0.2) is 29.2 Å². The normalized spacial score (nSPS) is 11.7. The largest absolute Gasteiger partial charge is 0.367 e. The summed E-state index contributed by atoms with van der Waals surface area (Å²) in [5.41, 5.74) is 1.90. The first-order chi connectivity index (χ1) is 12.8. The second kappa shape index (κ2) is 7.75. The first-order valence-corrected chi connectivity index (χ1v) is 10.7. The number of anilines is 1. The minimum absolute atomic E-state index is 0.248. The molecule has 3 aromatic rings. The van der Waals surface area contributed by atoms with Gasteiger partial charge in [0.05, 0.1) is 10.6 Å². The first kappa shape index (κ1) is 19.5. The van der Waals surface area contributed by atoms with Gasteiger partial charge in [-0.1, -0.05) is 0 Å². The van der Waals surface area contributed by atoms with E-state index in [9.17, 15) is 8.42 Å². The van der Waals surface area contributed by atoms with Gasteiger partial charge in [0.1, 0.15) is 5.82 Å². The standard InChI is InChI=1S/C17H22N6O2S2/c1-11-9-12(2)23(22-11)17-6-5-16(20-21-17)18-7-8-19-27(24,25)15-10-13(3)26-14(15)4/h5-6,9-10,19H,7-8H2,1-4H3,(H,18,20). The number of hydrogen-bond acceptors (Lipinski definition) is 7. The average molecular weight is 407 g/mol. The third kappa shape index (κ3) is 4.52. The maximum absolute atomic E-state index is 12.3. The SMILES string of the molecule is Cc1cc(C)n(-c2ccc(NCCNS(=O)(=O)c3cc(C)sc3C)nn2)n1. The van der Waals surface area contributed by atoms with Crippen LogP contribution in [-0.4, -0.2) is 41.5 Å². The molecule has 144 valence electrons. The summed E-state index contributed by atoms with van der Waals surface area (Å²) in [7, 11) is -3.50. The Bertz CT molecular complexity index is 1040. The van der Waals surface area contributed by atoms with Gasteiger partial charge in [0.25, 0.3) is 0 Å². The summed E-state index contributed by atoms with van der Waals surface area (Å²) in [6, 6.07) is 7.27. The molecule has 10 heteroatoms. The fourth-order valence-corrected chi connectivity index (χ4v) is 5.31. The highest BCUT2D eigenvalue weighted by molar-refractivity contribution is 7.89. The molecule has 2 N–H and O–H groups in total. The van der Waals surface area contributed by atoms with E-state index < -0.39 is 10.0 Å². The Labute approximate surface area is 162 Å². The molecule has 0 aliphatic rings. The van der Waals surface area contributed by atoms with Crippen molar-refractivity contribution in [2.45, 2.75) is 32.6 Å². The van der Waals surface area contributed by atoms with E-state index in [1.54, 1.807) is 16.8 Å². The number of nitrogens with one attached hydrogen (secondary N) is 2. The molecule has 0 amide bonds. The van der Waals surface area contributed by atoms with Crippen molar-refractivity contribution < 1.29 is 8.42 Å². The number of aryl methyl sites for hydroxylation is 4. The van der Waals surface area contributed by atoms with E-state index in [2.05, 4.69) is 25.3 Å². The van der Waals surface area contributed by atoms with Crippen LogP contribution in [0.5, 0.6) is 0 Å². The van der Waals surface area contributed by atoms with Crippen LogP contribution in [0.4, 0.5) is 5.82 Å². The summed E-state index contributed by atoms with van der Waals surface area (Å²) in [5.74, 6) is 1.21. The van der Waals surface area contributed by atoms with Crippen LogP contribution < -0.4 is 10.0 Å². The van der Waals surface area contributed by atoms with E-state index in [0.29, 0.717) is 23.1 Å². The summed E-state index contributed by atoms with van der Waals surface area (Å²) in [5, 5.41) is 15.7. The second-order valence-electron chi connectivity index (χ2n) is 6.22. The Balaban J connectivity index is 1.55. The Morgan fingerprint density at radius 2 is 1.85 bits per heavy atom. The lowest BCUT2D eigenvalue weighted by Gasteiger charge is -2.08. The van der Waals surface area contributed by atoms with Crippen LogP contribution in [0.3, 0.4) is 0 Å². The van der Waals surface area contributed by atoms with Gasteiger partial charge in [-0.3, -0.25) is 0 Å². The molecular weight excluding hydrogens is 384 g/mol. The van der Waals surface area contributed by atoms with Crippen molar-refractivity contribution in [1.82, 2.24) is 24.7 Å². The zero-order valence-corrected chi connectivity index (χ0v) is 17.3. The van der Waals surface area contributed by atoms with Crippen molar-refractivity contribution >= 4 is 27.2 Å². The van der Waals surface area contributed by atoms with Gasteiger partial charge in [0, 0.05) is 28.5 Å². The molecule has 0 radical (unpaired) electrons. The van der Waals surface area contributed by atoms with Crippen LogP contribution >= 0.6 is 11.3 Å². The lowest BCUT2D eigenvalue weighted by Crippen LogP contribution is -2.29. The van der Waals surface area contributed by atoms with Gasteiger partial charge >= 0.3 is 0 Å². The molecule has 0 bridgehead atoms. The third-order valence-electron chi connectivity index (χ3n) is 3.89. The predicted octanol–water partition coefficient (Wildman–Crippen LogP) is 2.35. The molecule has 0 spiro atoms. The van der Waals surface area contributed by atoms with E-state index in [4.69, 9.17) is 0 Å². The quantitative estimate of drug-likeness (QED) is 0.584. The maximum atomic E-state index is 12.3. The fourth-order valence-electron chi connectivity index (χ4n) is 2.72. The molecule has 0 fully saturated rings. The second-order valence-corrected chi connectivity index (χ2v) is 9.41. The van der Waals surface area contributed by atoms with E-state index >= 15 is 0 Å². The molecule has 0 atom stereocenters. The molecule has 0 aliphatic heterocycles. The van der Waals surface area contributed by atoms with Gasteiger partial charge < -0.3 is 5.32 Å². The van der Waals surface area contributed by atoms with Gasteiger partial charge in [-0.05, 0) is 52.0 Å². The maximum Gasteiger partial charge on any atom is 0.241 e. The highest BCUT2D eigenvalue weighted by atomic mass is 32.2. The molecular formula is C17H22N6O2S2. The monoisotopic (exact) mass is 406 g/mol. The summed E-state index contributed by atoms with van der Waals surface area (Å²) in [6.45, 7) is 8.23. The fraction of sp³-hybridized carbons (Fsp3) is 0.353. The molecule has 3 aromatic heterocycles. The molecule has 0 unspecified atom stereocenters. The Kier molecular flexibility index (Phi) is 5.59. The zero-order valence-electron chi connectivity index (χ0n) is 15.6. The first-order valence-electron chi connectivity index (χ1n) is 8.44. The van der Waals surface area contributed by atoms with E-state index in [-0.39, 0.29) is 6.54 Å². The number of thiophene rings is 1. The highest BCUT2D eigenvalue weighted by Gasteiger charge is 2.18. The van der Waals surface area contributed by atoms with Crippen molar-refractivity contribution in [3.63, 3.8) is 0 Å². The van der Waals surface area contributed by atoms with Gasteiger partial charge in [-0.2, -0.15) is 5.10 Å². The van der Waals surface area contributed by atoms with Crippen LogP contribution in [0.2, 0.25) is 0 Å². The lowest BCUT2D eigenvalue weighted by molar-refractivity contribution is 0.582. The Morgan fingerprint density at radius 1 is 1.07 bits per heavy atom. The summed E-state index contributed by atoms with van der Waals surface area (Å²) in [4.78, 5) is 2.11. The van der Waals surface area contributed by atoms with Gasteiger partial charge in [0.15, 0.2) is 5.82 Å². The van der Waals surface area contributed by atoms with Gasteiger partial charge in [0.2, 0.25) is 10.0 Å². The molecule has 0 aliphatic carbocycles. The van der Waals surface area contributed by atoms with Crippen LogP contribution in [-0.2, 0) is 10.0 Å². The number of aromatic nitrogens is 4. The number of sulfonamides is 1. The van der Waals surface area contributed by atoms with Crippen molar-refractivity contribution in [2.75, 3.05) is 18.4 Å². The highest BCUT2D eigenvalue weighted by Crippen LogP contribution is 2.24. The van der Waals surface area contributed by atoms with E-state index in [1.165, 1.54) is 11.3 Å². The average Bonchev–Trinajstić information content (AvgIpc) is 3.13. The predicted molar refractivity (Wildman–Crippen MR) is 106 cm³/mol. The molecule has 0 saturated carbocycles. The molecule has 0 saturated heterocycles. The zero-order chi connectivity index (χ0) is 19.6. The Morgan fingerprint density at radius 3 is 2.41 bits per heavy atom. The van der Waals surface area contributed by atoms with Crippen molar-refractivity contribution in [1.29, 1.82) is 0 Å². The summed E-state index contributed by atoms with van der Waals surface area (Å²) < 4.78 is 29.0. The minimum Gasteiger partial charge on any atom is -0.367 e. The molecule has 3 rings (SSSR count).